The summed E-state index contributed by atoms with van der Waals surface area (Å²) in [7, 11) is 0. The highest BCUT2D eigenvalue weighted by Gasteiger charge is 2.17. The van der Waals surface area contributed by atoms with Crippen molar-refractivity contribution in [2.75, 3.05) is 6.54 Å². The van der Waals surface area contributed by atoms with Crippen LogP contribution < -0.4 is 11.1 Å². The van der Waals surface area contributed by atoms with E-state index in [2.05, 4.69) is 21.2 Å². The second-order valence-corrected chi connectivity index (χ2v) is 5.68. The molecule has 0 fully saturated rings. The molecular weight excluding hydrogens is 280 g/mol. The van der Waals surface area contributed by atoms with E-state index < -0.39 is 0 Å². The first-order chi connectivity index (χ1) is 7.93. The number of aryl methyl sites for hydroxylation is 1. The average Bonchev–Trinajstić information content (AvgIpc) is 2.26. The summed E-state index contributed by atoms with van der Waals surface area (Å²) in [5, 5.41) is 2.92. The monoisotopic (exact) mass is 298 g/mol. The number of carbonyl (C=O) groups is 1. The maximum absolute atomic E-state index is 11.7. The standard InChI is InChI=1S/C13H19BrN2O/c1-13(2,9-15)16-12(17)7-6-10-4-3-5-11(14)8-10/h3-5,8H,6-7,9,15H2,1-2H3,(H,16,17). The first kappa shape index (κ1) is 14.2. The van der Waals surface area contributed by atoms with Gasteiger partial charge in [0.15, 0.2) is 0 Å². The van der Waals surface area contributed by atoms with E-state index in [1.165, 1.54) is 0 Å². The van der Waals surface area contributed by atoms with Crippen LogP contribution in [-0.4, -0.2) is 18.0 Å². The highest BCUT2D eigenvalue weighted by atomic mass is 79.9. The largest absolute Gasteiger partial charge is 0.350 e. The number of hydrogen-bond donors (Lipinski definition) is 2. The fourth-order valence-electron chi connectivity index (χ4n) is 1.44. The molecule has 0 atom stereocenters. The second kappa shape index (κ2) is 6.17. The summed E-state index contributed by atoms with van der Waals surface area (Å²) in [6.45, 7) is 4.28. The maximum atomic E-state index is 11.7. The van der Waals surface area contributed by atoms with Gasteiger partial charge in [-0.3, -0.25) is 4.79 Å². The summed E-state index contributed by atoms with van der Waals surface area (Å²) >= 11 is 3.41. The molecule has 3 nitrogen and oxygen atoms in total. The highest BCUT2D eigenvalue weighted by molar-refractivity contribution is 9.10. The van der Waals surface area contributed by atoms with E-state index >= 15 is 0 Å². The van der Waals surface area contributed by atoms with Crippen molar-refractivity contribution in [3.63, 3.8) is 0 Å². The highest BCUT2D eigenvalue weighted by Crippen LogP contribution is 2.13. The molecule has 0 unspecified atom stereocenters. The van der Waals surface area contributed by atoms with Crippen molar-refractivity contribution in [1.82, 2.24) is 5.32 Å². The van der Waals surface area contributed by atoms with Crippen molar-refractivity contribution < 1.29 is 4.79 Å². The fraction of sp³-hybridized carbons (Fsp3) is 0.462. The molecule has 17 heavy (non-hydrogen) atoms. The van der Waals surface area contributed by atoms with E-state index in [0.29, 0.717) is 13.0 Å². The van der Waals surface area contributed by atoms with Gasteiger partial charge in [0.25, 0.3) is 0 Å². The minimum absolute atomic E-state index is 0.0421. The van der Waals surface area contributed by atoms with Crippen LogP contribution in [0.15, 0.2) is 28.7 Å². The van der Waals surface area contributed by atoms with Crippen molar-refractivity contribution in [1.29, 1.82) is 0 Å². The number of hydrogen-bond acceptors (Lipinski definition) is 2. The number of amides is 1. The van der Waals surface area contributed by atoms with Gasteiger partial charge in [-0.1, -0.05) is 28.1 Å². The fourth-order valence-corrected chi connectivity index (χ4v) is 1.89. The van der Waals surface area contributed by atoms with Crippen LogP contribution in [0.3, 0.4) is 0 Å². The Balaban J connectivity index is 2.44. The van der Waals surface area contributed by atoms with E-state index in [9.17, 15) is 4.79 Å². The van der Waals surface area contributed by atoms with Gasteiger partial charge >= 0.3 is 0 Å². The molecule has 0 heterocycles. The Morgan fingerprint density at radius 2 is 2.18 bits per heavy atom. The minimum atomic E-state index is -0.325. The number of halogens is 1. The first-order valence-corrected chi connectivity index (χ1v) is 6.48. The van der Waals surface area contributed by atoms with Gasteiger partial charge in [0, 0.05) is 23.0 Å². The third kappa shape index (κ3) is 5.33. The van der Waals surface area contributed by atoms with Gasteiger partial charge in [0.05, 0.1) is 0 Å². The van der Waals surface area contributed by atoms with Crippen molar-refractivity contribution in [2.45, 2.75) is 32.2 Å². The molecule has 4 heteroatoms. The van der Waals surface area contributed by atoms with Crippen molar-refractivity contribution >= 4 is 21.8 Å². The van der Waals surface area contributed by atoms with Crippen LogP contribution in [0.5, 0.6) is 0 Å². The van der Waals surface area contributed by atoms with Gasteiger partial charge in [0.1, 0.15) is 0 Å². The molecule has 0 spiro atoms. The van der Waals surface area contributed by atoms with Crippen LogP contribution in [0.4, 0.5) is 0 Å². The van der Waals surface area contributed by atoms with E-state index in [4.69, 9.17) is 5.73 Å². The summed E-state index contributed by atoms with van der Waals surface area (Å²) in [5.41, 5.74) is 6.39. The van der Waals surface area contributed by atoms with Crippen LogP contribution in [-0.2, 0) is 11.2 Å². The smallest absolute Gasteiger partial charge is 0.220 e. The molecule has 1 aromatic rings. The molecule has 0 aliphatic rings. The van der Waals surface area contributed by atoms with Gasteiger partial charge in [0.2, 0.25) is 5.91 Å². The Kier molecular flexibility index (Phi) is 5.15. The lowest BCUT2D eigenvalue weighted by Crippen LogP contribution is -2.48. The van der Waals surface area contributed by atoms with E-state index in [0.717, 1.165) is 16.5 Å². The summed E-state index contributed by atoms with van der Waals surface area (Å²) in [5.74, 6) is 0.0421. The summed E-state index contributed by atoms with van der Waals surface area (Å²) in [6.07, 6.45) is 1.23. The lowest BCUT2D eigenvalue weighted by molar-refractivity contribution is -0.122. The lowest BCUT2D eigenvalue weighted by atomic mass is 10.0. The van der Waals surface area contributed by atoms with Crippen molar-refractivity contribution in [2.24, 2.45) is 5.73 Å². The zero-order chi connectivity index (χ0) is 12.9. The Labute approximate surface area is 111 Å². The van der Waals surface area contributed by atoms with Gasteiger partial charge in [-0.2, -0.15) is 0 Å². The molecule has 94 valence electrons. The van der Waals surface area contributed by atoms with Crippen molar-refractivity contribution in [3.8, 4) is 0 Å². The zero-order valence-electron chi connectivity index (χ0n) is 10.3. The Morgan fingerprint density at radius 1 is 1.47 bits per heavy atom. The normalized spacial score (nSPS) is 11.3. The summed E-state index contributed by atoms with van der Waals surface area (Å²) in [6, 6.07) is 8.00. The SMILES string of the molecule is CC(C)(CN)NC(=O)CCc1cccc(Br)c1. The minimum Gasteiger partial charge on any atom is -0.350 e. The molecule has 3 N–H and O–H groups in total. The van der Waals surface area contributed by atoms with Gasteiger partial charge in [-0.15, -0.1) is 0 Å². The van der Waals surface area contributed by atoms with E-state index in [1.54, 1.807) is 0 Å². The molecule has 1 rings (SSSR count). The molecule has 0 aliphatic carbocycles. The number of nitrogens with two attached hydrogens (primary N) is 1. The maximum Gasteiger partial charge on any atom is 0.220 e. The first-order valence-electron chi connectivity index (χ1n) is 5.68. The van der Waals surface area contributed by atoms with Gasteiger partial charge in [-0.05, 0) is 38.0 Å². The summed E-state index contributed by atoms with van der Waals surface area (Å²) < 4.78 is 1.04. The number of rotatable bonds is 5. The quantitative estimate of drug-likeness (QED) is 0.876. The third-order valence-electron chi connectivity index (χ3n) is 2.52. The predicted molar refractivity (Wildman–Crippen MR) is 73.7 cm³/mol. The van der Waals surface area contributed by atoms with Crippen LogP contribution in [0.2, 0.25) is 0 Å². The van der Waals surface area contributed by atoms with E-state index in [1.807, 2.05) is 38.1 Å². The zero-order valence-corrected chi connectivity index (χ0v) is 11.9. The molecule has 0 aliphatic heterocycles. The predicted octanol–water partition coefficient (Wildman–Crippen LogP) is 2.24. The molecule has 0 saturated carbocycles. The summed E-state index contributed by atoms with van der Waals surface area (Å²) in [4.78, 5) is 11.7. The van der Waals surface area contributed by atoms with Gasteiger partial charge < -0.3 is 11.1 Å². The molecule has 1 amide bonds. The van der Waals surface area contributed by atoms with E-state index in [-0.39, 0.29) is 11.4 Å². The third-order valence-corrected chi connectivity index (χ3v) is 3.01. The molecule has 0 radical (unpaired) electrons. The number of carbonyl (C=O) groups excluding carboxylic acids is 1. The molecule has 1 aromatic carbocycles. The Hall–Kier alpha value is -0.870. The van der Waals surface area contributed by atoms with Crippen LogP contribution in [0.25, 0.3) is 0 Å². The molecule has 0 saturated heterocycles. The van der Waals surface area contributed by atoms with Crippen LogP contribution >= 0.6 is 15.9 Å². The van der Waals surface area contributed by atoms with Crippen LogP contribution in [0, 0.1) is 0 Å². The Morgan fingerprint density at radius 3 is 2.76 bits per heavy atom. The molecule has 0 bridgehead atoms. The second-order valence-electron chi connectivity index (χ2n) is 4.77. The number of nitrogens with one attached hydrogen (secondary N) is 1. The lowest BCUT2D eigenvalue weighted by Gasteiger charge is -2.24. The number of benzene rings is 1. The average molecular weight is 299 g/mol. The topological polar surface area (TPSA) is 55.1 Å². The molecular formula is C13H19BrN2O. The van der Waals surface area contributed by atoms with Crippen LogP contribution in [0.1, 0.15) is 25.8 Å². The van der Waals surface area contributed by atoms with Crippen molar-refractivity contribution in [3.05, 3.63) is 34.3 Å². The van der Waals surface area contributed by atoms with Gasteiger partial charge in [-0.25, -0.2) is 0 Å². The Bertz CT molecular complexity index is 391. The molecule has 0 aromatic heterocycles.